The van der Waals surface area contributed by atoms with Crippen molar-refractivity contribution in [2.75, 3.05) is 25.6 Å². The Morgan fingerprint density at radius 3 is 2.89 bits per heavy atom. The summed E-state index contributed by atoms with van der Waals surface area (Å²) in [5, 5.41) is 4.48. The smallest absolute Gasteiger partial charge is 0.129 e. The van der Waals surface area contributed by atoms with Gasteiger partial charge >= 0.3 is 0 Å². The Morgan fingerprint density at radius 1 is 1.39 bits per heavy atom. The van der Waals surface area contributed by atoms with Crippen molar-refractivity contribution in [2.45, 2.75) is 13.0 Å². The second kappa shape index (κ2) is 5.80. The minimum absolute atomic E-state index is 0.0855. The van der Waals surface area contributed by atoms with E-state index >= 15 is 0 Å². The first-order valence-electron chi connectivity index (χ1n) is 6.06. The Labute approximate surface area is 107 Å². The lowest BCUT2D eigenvalue weighted by molar-refractivity contribution is 0.187. The molecule has 1 aromatic carbocycles. The normalized spacial score (nSPS) is 12.6. The number of hydrogen-bond acceptors (Lipinski definition) is 4. The predicted molar refractivity (Wildman–Crippen MR) is 74.8 cm³/mol. The van der Waals surface area contributed by atoms with Crippen LogP contribution in [0.4, 0.5) is 5.82 Å². The number of benzene rings is 1. The summed E-state index contributed by atoms with van der Waals surface area (Å²) in [7, 11) is 1.67. The summed E-state index contributed by atoms with van der Waals surface area (Å²) in [5.41, 5.74) is 7.80. The lowest BCUT2D eigenvalue weighted by Gasteiger charge is -2.18. The van der Waals surface area contributed by atoms with Gasteiger partial charge in [-0.3, -0.25) is 0 Å². The molecule has 4 nitrogen and oxygen atoms in total. The van der Waals surface area contributed by atoms with E-state index in [1.165, 1.54) is 0 Å². The third-order valence-electron chi connectivity index (χ3n) is 2.91. The van der Waals surface area contributed by atoms with Gasteiger partial charge in [-0.2, -0.15) is 0 Å². The molecule has 0 aliphatic rings. The second-order valence-corrected chi connectivity index (χ2v) is 4.38. The summed E-state index contributed by atoms with van der Waals surface area (Å²) < 4.78 is 5.12. The molecule has 0 bridgehead atoms. The molecule has 0 fully saturated rings. The van der Waals surface area contributed by atoms with Gasteiger partial charge in [-0.1, -0.05) is 18.2 Å². The molecule has 0 aliphatic heterocycles. The molecule has 2 rings (SSSR count). The lowest BCUT2D eigenvalue weighted by atomic mass is 10.1. The first kappa shape index (κ1) is 12.8. The number of nitrogens with zero attached hydrogens (tertiary/aromatic N) is 1. The number of nitrogens with two attached hydrogens (primary N) is 1. The van der Waals surface area contributed by atoms with Crippen molar-refractivity contribution in [2.24, 2.45) is 5.73 Å². The molecule has 1 unspecified atom stereocenters. The van der Waals surface area contributed by atoms with Crippen LogP contribution in [-0.4, -0.2) is 31.3 Å². The Morgan fingerprint density at radius 2 is 2.17 bits per heavy atom. The zero-order valence-electron chi connectivity index (χ0n) is 10.8. The number of fused-ring (bicyclic) bond motifs is 1. The van der Waals surface area contributed by atoms with Gasteiger partial charge in [-0.05, 0) is 24.6 Å². The zero-order chi connectivity index (χ0) is 13.0. The minimum atomic E-state index is 0.0855. The van der Waals surface area contributed by atoms with Gasteiger partial charge < -0.3 is 15.8 Å². The first-order chi connectivity index (χ1) is 8.74. The van der Waals surface area contributed by atoms with Gasteiger partial charge in [-0.15, -0.1) is 0 Å². The molecule has 0 aliphatic carbocycles. The molecule has 1 heterocycles. The van der Waals surface area contributed by atoms with Crippen molar-refractivity contribution in [3.63, 3.8) is 0 Å². The highest BCUT2D eigenvalue weighted by Crippen LogP contribution is 2.19. The number of hydrogen-bond donors (Lipinski definition) is 2. The van der Waals surface area contributed by atoms with Crippen LogP contribution in [-0.2, 0) is 4.74 Å². The Hall–Kier alpha value is -1.65. The Bertz CT molecular complexity index is 527. The molecule has 2 aromatic rings. The van der Waals surface area contributed by atoms with Crippen molar-refractivity contribution in [3.8, 4) is 0 Å². The highest BCUT2D eigenvalue weighted by atomic mass is 16.5. The van der Waals surface area contributed by atoms with Gasteiger partial charge in [0.2, 0.25) is 0 Å². The van der Waals surface area contributed by atoms with E-state index in [0.717, 1.165) is 22.3 Å². The number of pyridine rings is 1. The van der Waals surface area contributed by atoms with Crippen LogP contribution < -0.4 is 11.1 Å². The molecular weight excluding hydrogens is 226 g/mol. The van der Waals surface area contributed by atoms with Crippen LogP contribution in [0, 0.1) is 6.92 Å². The van der Waals surface area contributed by atoms with E-state index in [9.17, 15) is 0 Å². The van der Waals surface area contributed by atoms with Crippen molar-refractivity contribution in [1.29, 1.82) is 0 Å². The molecule has 0 amide bonds. The van der Waals surface area contributed by atoms with Gasteiger partial charge in [-0.25, -0.2) is 4.98 Å². The molecular formula is C14H19N3O. The van der Waals surface area contributed by atoms with E-state index in [2.05, 4.69) is 22.4 Å². The van der Waals surface area contributed by atoms with E-state index in [4.69, 9.17) is 10.5 Å². The zero-order valence-corrected chi connectivity index (χ0v) is 10.8. The van der Waals surface area contributed by atoms with Gasteiger partial charge in [0, 0.05) is 19.0 Å². The number of anilines is 1. The number of methoxy groups -OCH3 is 1. The Kier molecular flexibility index (Phi) is 4.12. The summed E-state index contributed by atoms with van der Waals surface area (Å²) in [6.07, 6.45) is 0. The fraction of sp³-hybridized carbons (Fsp3) is 0.357. The molecule has 0 saturated heterocycles. The summed E-state index contributed by atoms with van der Waals surface area (Å²) in [6.45, 7) is 3.13. The highest BCUT2D eigenvalue weighted by Gasteiger charge is 2.09. The average molecular weight is 245 g/mol. The summed E-state index contributed by atoms with van der Waals surface area (Å²) >= 11 is 0. The van der Waals surface area contributed by atoms with E-state index < -0.39 is 0 Å². The third kappa shape index (κ3) is 2.78. The maximum atomic E-state index is 5.70. The molecule has 4 heteroatoms. The number of rotatable bonds is 5. The monoisotopic (exact) mass is 245 g/mol. The second-order valence-electron chi connectivity index (χ2n) is 4.38. The first-order valence-corrected chi connectivity index (χ1v) is 6.06. The van der Waals surface area contributed by atoms with Crippen LogP contribution in [0.2, 0.25) is 0 Å². The van der Waals surface area contributed by atoms with Gasteiger partial charge in [0.05, 0.1) is 18.2 Å². The molecule has 96 valence electrons. The molecule has 18 heavy (non-hydrogen) atoms. The van der Waals surface area contributed by atoms with Gasteiger partial charge in [0.25, 0.3) is 0 Å². The van der Waals surface area contributed by atoms with E-state index in [0.29, 0.717) is 13.2 Å². The van der Waals surface area contributed by atoms with Crippen LogP contribution in [0.1, 0.15) is 5.56 Å². The number of ether oxygens (including phenoxy) is 1. The number of aromatic nitrogens is 1. The largest absolute Gasteiger partial charge is 0.383 e. The maximum Gasteiger partial charge on any atom is 0.129 e. The summed E-state index contributed by atoms with van der Waals surface area (Å²) in [5.74, 6) is 0.876. The highest BCUT2D eigenvalue weighted by molar-refractivity contribution is 5.81. The van der Waals surface area contributed by atoms with Crippen molar-refractivity contribution in [1.82, 2.24) is 4.98 Å². The van der Waals surface area contributed by atoms with E-state index in [1.807, 2.05) is 25.1 Å². The van der Waals surface area contributed by atoms with Gasteiger partial charge in [0.1, 0.15) is 5.82 Å². The molecule has 0 saturated carbocycles. The van der Waals surface area contributed by atoms with E-state index in [-0.39, 0.29) is 6.04 Å². The van der Waals surface area contributed by atoms with Crippen LogP contribution in [0.15, 0.2) is 30.3 Å². The van der Waals surface area contributed by atoms with Gasteiger partial charge in [0.15, 0.2) is 0 Å². The molecule has 3 N–H and O–H groups in total. The predicted octanol–water partition coefficient (Wildman–Crippen LogP) is 1.93. The molecule has 0 radical (unpaired) electrons. The van der Waals surface area contributed by atoms with Crippen LogP contribution in [0.3, 0.4) is 0 Å². The number of para-hydroxylation sites is 1. The van der Waals surface area contributed by atoms with Crippen LogP contribution in [0.5, 0.6) is 0 Å². The number of nitrogens with one attached hydrogen (secondary N) is 1. The molecule has 1 aromatic heterocycles. The lowest BCUT2D eigenvalue weighted by Crippen LogP contribution is -2.33. The molecule has 1 atom stereocenters. The average Bonchev–Trinajstić information content (AvgIpc) is 2.39. The van der Waals surface area contributed by atoms with Crippen molar-refractivity contribution >= 4 is 16.7 Å². The topological polar surface area (TPSA) is 60.2 Å². The number of aryl methyl sites for hydroxylation is 1. The van der Waals surface area contributed by atoms with Crippen LogP contribution in [0.25, 0.3) is 10.9 Å². The van der Waals surface area contributed by atoms with Crippen molar-refractivity contribution in [3.05, 3.63) is 35.9 Å². The summed E-state index contributed by atoms with van der Waals surface area (Å²) in [6, 6.07) is 10.3. The minimum Gasteiger partial charge on any atom is -0.383 e. The SMILES string of the molecule is COCC(CN)Nc1nc2ccccc2cc1C. The maximum absolute atomic E-state index is 5.70. The van der Waals surface area contributed by atoms with Crippen molar-refractivity contribution < 1.29 is 4.74 Å². The fourth-order valence-electron chi connectivity index (χ4n) is 1.93. The summed E-state index contributed by atoms with van der Waals surface area (Å²) in [4.78, 5) is 4.62. The van der Waals surface area contributed by atoms with Crippen LogP contribution >= 0.6 is 0 Å². The Balaban J connectivity index is 2.29. The van der Waals surface area contributed by atoms with E-state index in [1.54, 1.807) is 7.11 Å². The third-order valence-corrected chi connectivity index (χ3v) is 2.91. The quantitative estimate of drug-likeness (QED) is 0.845. The fourth-order valence-corrected chi connectivity index (χ4v) is 1.93. The standard InChI is InChI=1S/C14H19N3O/c1-10-7-11-5-3-4-6-13(11)17-14(10)16-12(8-15)9-18-2/h3-7,12H,8-9,15H2,1-2H3,(H,16,17). The molecule has 0 spiro atoms.